The largest absolute Gasteiger partial charge is 0.210 e. The van der Waals surface area contributed by atoms with Gasteiger partial charge in [-0.05, 0) is 12.5 Å². The molecule has 1 heterocycles. The molecule has 0 N–H and O–H groups in total. The predicted octanol–water partition coefficient (Wildman–Crippen LogP) is 2.15. The van der Waals surface area contributed by atoms with Crippen LogP contribution < -0.4 is 4.57 Å². The van der Waals surface area contributed by atoms with Crippen molar-refractivity contribution in [1.82, 2.24) is 0 Å². The third-order valence-corrected chi connectivity index (χ3v) is 1.92. The monoisotopic (exact) mass is 169 g/mol. The summed E-state index contributed by atoms with van der Waals surface area (Å²) in [4.78, 5) is 0. The van der Waals surface area contributed by atoms with Crippen LogP contribution in [0, 0.1) is 6.92 Å². The number of hydrogen-bond acceptors (Lipinski definition) is 0. The van der Waals surface area contributed by atoms with Crippen LogP contribution in [0.25, 0.3) is 5.69 Å². The van der Waals surface area contributed by atoms with Crippen molar-refractivity contribution < 1.29 is 4.57 Å². The van der Waals surface area contributed by atoms with E-state index in [1.807, 2.05) is 42.7 Å². The Hall–Kier alpha value is -1.63. The van der Waals surface area contributed by atoms with E-state index < -0.39 is 0 Å². The molecule has 0 aliphatic heterocycles. The number of pyridine rings is 1. The quantitative estimate of drug-likeness (QED) is 0.576. The van der Waals surface area contributed by atoms with E-state index in [9.17, 15) is 0 Å². The van der Waals surface area contributed by atoms with Crippen molar-refractivity contribution in [2.45, 2.75) is 0 Å². The lowest BCUT2D eigenvalue weighted by Crippen LogP contribution is -2.28. The van der Waals surface area contributed by atoms with Crippen molar-refractivity contribution in [3.05, 3.63) is 67.3 Å². The van der Waals surface area contributed by atoms with Gasteiger partial charge in [0.05, 0.1) is 0 Å². The van der Waals surface area contributed by atoms with E-state index in [4.69, 9.17) is 0 Å². The summed E-state index contributed by atoms with van der Waals surface area (Å²) in [5.74, 6) is 0. The van der Waals surface area contributed by atoms with Crippen molar-refractivity contribution in [1.29, 1.82) is 0 Å². The maximum absolute atomic E-state index is 3.89. The average molecular weight is 169 g/mol. The highest BCUT2D eigenvalue weighted by molar-refractivity contribution is 5.30. The standard InChI is InChI=1S/C12H11N/c1-11-6-5-7-12(10-11)13-8-3-2-4-9-13/h2-10H,1H2/q+1. The van der Waals surface area contributed by atoms with Gasteiger partial charge < -0.3 is 0 Å². The molecule has 1 radical (unpaired) electrons. The number of nitrogens with zero attached hydrogens (tertiary/aromatic N) is 1. The Morgan fingerprint density at radius 1 is 0.923 bits per heavy atom. The van der Waals surface area contributed by atoms with Gasteiger partial charge in [0, 0.05) is 24.3 Å². The maximum atomic E-state index is 3.89. The molecule has 0 spiro atoms. The smallest absolute Gasteiger partial charge is 0.167 e. The van der Waals surface area contributed by atoms with Crippen molar-refractivity contribution in [3.8, 4) is 5.69 Å². The molecule has 0 atom stereocenters. The van der Waals surface area contributed by atoms with E-state index in [1.54, 1.807) is 0 Å². The van der Waals surface area contributed by atoms with E-state index in [0.717, 1.165) is 11.3 Å². The molecule has 0 bridgehead atoms. The summed E-state index contributed by atoms with van der Waals surface area (Å²) in [5, 5.41) is 0. The molecule has 1 aromatic carbocycles. The maximum Gasteiger partial charge on any atom is 0.210 e. The van der Waals surface area contributed by atoms with Gasteiger partial charge in [-0.25, -0.2) is 0 Å². The van der Waals surface area contributed by atoms with Gasteiger partial charge in [0.1, 0.15) is 0 Å². The van der Waals surface area contributed by atoms with Crippen molar-refractivity contribution in [2.24, 2.45) is 0 Å². The number of hydrogen-bond donors (Lipinski definition) is 0. The van der Waals surface area contributed by atoms with Gasteiger partial charge in [-0.1, -0.05) is 18.2 Å². The summed E-state index contributed by atoms with van der Waals surface area (Å²) < 4.78 is 2.06. The number of rotatable bonds is 1. The molecule has 1 nitrogen and oxygen atoms in total. The van der Waals surface area contributed by atoms with Crippen LogP contribution in [0.15, 0.2) is 54.9 Å². The molecule has 0 unspecified atom stereocenters. The Morgan fingerprint density at radius 3 is 2.38 bits per heavy atom. The van der Waals surface area contributed by atoms with Crippen LogP contribution in [-0.4, -0.2) is 0 Å². The van der Waals surface area contributed by atoms with Crippen LogP contribution in [0.2, 0.25) is 0 Å². The molecule has 0 saturated heterocycles. The van der Waals surface area contributed by atoms with E-state index in [0.29, 0.717) is 0 Å². The lowest BCUT2D eigenvalue weighted by molar-refractivity contribution is -0.595. The summed E-state index contributed by atoms with van der Waals surface area (Å²) in [6.45, 7) is 3.89. The van der Waals surface area contributed by atoms with Crippen LogP contribution >= 0.6 is 0 Å². The highest BCUT2D eigenvalue weighted by atomic mass is 14.9. The summed E-state index contributed by atoms with van der Waals surface area (Å²) >= 11 is 0. The zero-order chi connectivity index (χ0) is 9.10. The predicted molar refractivity (Wildman–Crippen MR) is 52.4 cm³/mol. The fourth-order valence-electron chi connectivity index (χ4n) is 1.29. The highest BCUT2D eigenvalue weighted by Crippen LogP contribution is 2.02. The van der Waals surface area contributed by atoms with Crippen LogP contribution in [-0.2, 0) is 0 Å². The minimum atomic E-state index is 1.04. The van der Waals surface area contributed by atoms with Crippen LogP contribution in [0.4, 0.5) is 0 Å². The lowest BCUT2D eigenvalue weighted by atomic mass is 10.2. The minimum Gasteiger partial charge on any atom is -0.167 e. The Labute approximate surface area is 78.3 Å². The Morgan fingerprint density at radius 2 is 1.69 bits per heavy atom. The molecule has 0 aliphatic rings. The summed E-state index contributed by atoms with van der Waals surface area (Å²) in [5.41, 5.74) is 2.18. The Bertz CT molecular complexity index is 393. The molecule has 0 saturated carbocycles. The molecule has 1 aromatic heterocycles. The SMILES string of the molecule is [CH2]c1cccc(-[n+]2ccccc2)c1. The molecule has 13 heavy (non-hydrogen) atoms. The Balaban J connectivity index is 2.48. The molecular weight excluding hydrogens is 158 g/mol. The van der Waals surface area contributed by atoms with Gasteiger partial charge in [-0.3, -0.25) is 0 Å². The average Bonchev–Trinajstić information content (AvgIpc) is 2.19. The Kier molecular flexibility index (Phi) is 2.09. The van der Waals surface area contributed by atoms with Crippen LogP contribution in [0.5, 0.6) is 0 Å². The van der Waals surface area contributed by atoms with Crippen molar-refractivity contribution >= 4 is 0 Å². The van der Waals surface area contributed by atoms with E-state index in [1.165, 1.54) is 0 Å². The van der Waals surface area contributed by atoms with Gasteiger partial charge in [0.2, 0.25) is 5.69 Å². The second kappa shape index (κ2) is 3.40. The molecule has 63 valence electrons. The van der Waals surface area contributed by atoms with Crippen molar-refractivity contribution in [2.75, 3.05) is 0 Å². The molecular formula is C12H11N+. The molecule has 2 rings (SSSR count). The van der Waals surface area contributed by atoms with Gasteiger partial charge in [0.15, 0.2) is 12.4 Å². The molecule has 0 fully saturated rings. The molecule has 0 aliphatic carbocycles. The van der Waals surface area contributed by atoms with Gasteiger partial charge >= 0.3 is 0 Å². The third-order valence-electron chi connectivity index (χ3n) is 1.92. The zero-order valence-electron chi connectivity index (χ0n) is 7.35. The fraction of sp³-hybridized carbons (Fsp3) is 0. The van der Waals surface area contributed by atoms with E-state index >= 15 is 0 Å². The minimum absolute atomic E-state index is 1.04. The topological polar surface area (TPSA) is 3.88 Å². The summed E-state index contributed by atoms with van der Waals surface area (Å²) in [7, 11) is 0. The first kappa shape index (κ1) is 7.99. The first-order chi connectivity index (χ1) is 6.36. The third kappa shape index (κ3) is 1.75. The van der Waals surface area contributed by atoms with Crippen LogP contribution in [0.3, 0.4) is 0 Å². The van der Waals surface area contributed by atoms with E-state index in [2.05, 4.69) is 23.6 Å². The van der Waals surface area contributed by atoms with Crippen LogP contribution in [0.1, 0.15) is 5.56 Å². The normalized spacial score (nSPS) is 9.92. The lowest BCUT2D eigenvalue weighted by Gasteiger charge is -1.95. The number of aromatic nitrogens is 1. The molecule has 1 heteroatoms. The second-order valence-electron chi connectivity index (χ2n) is 2.95. The number of benzene rings is 1. The van der Waals surface area contributed by atoms with E-state index in [-0.39, 0.29) is 0 Å². The summed E-state index contributed by atoms with van der Waals surface area (Å²) in [6.07, 6.45) is 4.05. The first-order valence-corrected chi connectivity index (χ1v) is 4.25. The molecule has 2 aromatic rings. The van der Waals surface area contributed by atoms with Crippen molar-refractivity contribution in [3.63, 3.8) is 0 Å². The van der Waals surface area contributed by atoms with Gasteiger partial charge in [-0.2, -0.15) is 4.57 Å². The van der Waals surface area contributed by atoms with Gasteiger partial charge in [0.25, 0.3) is 0 Å². The second-order valence-corrected chi connectivity index (χ2v) is 2.95. The van der Waals surface area contributed by atoms with Gasteiger partial charge in [-0.15, -0.1) is 0 Å². The fourth-order valence-corrected chi connectivity index (χ4v) is 1.29. The first-order valence-electron chi connectivity index (χ1n) is 4.25. The zero-order valence-corrected chi connectivity index (χ0v) is 7.35. The summed E-state index contributed by atoms with van der Waals surface area (Å²) in [6, 6.07) is 14.1. The molecule has 0 amide bonds. The highest BCUT2D eigenvalue weighted by Gasteiger charge is 2.02.